The molecule has 0 amide bonds. The zero-order valence-corrected chi connectivity index (χ0v) is 19.4. The van der Waals surface area contributed by atoms with Gasteiger partial charge in [0.1, 0.15) is 0 Å². The molecule has 1 aromatic heterocycles. The van der Waals surface area contributed by atoms with Gasteiger partial charge in [0, 0.05) is 24.5 Å². The Morgan fingerprint density at radius 2 is 1.62 bits per heavy atom. The van der Waals surface area contributed by atoms with Crippen LogP contribution in [-0.2, 0) is 33.1 Å². The van der Waals surface area contributed by atoms with Crippen LogP contribution >= 0.6 is 0 Å². The van der Waals surface area contributed by atoms with Crippen LogP contribution in [0.1, 0.15) is 24.0 Å². The normalized spacial score (nSPS) is 16.3. The molecular formula is C21H21FN6O4S2. The number of fused-ring (bicyclic) bond motifs is 1. The number of primary sulfonamides is 1. The number of hydrogen-bond donors (Lipinski definition) is 3. The van der Waals surface area contributed by atoms with Crippen LogP contribution in [0.15, 0.2) is 53.6 Å². The lowest BCUT2D eigenvalue weighted by molar-refractivity contribution is 0.430. The molecule has 1 saturated carbocycles. The molecule has 13 heteroatoms. The first-order valence-corrected chi connectivity index (χ1v) is 13.4. The van der Waals surface area contributed by atoms with Crippen molar-refractivity contribution in [3.8, 4) is 0 Å². The number of sulfonamides is 2. The Morgan fingerprint density at radius 1 is 0.941 bits per heavy atom. The number of nitrogens with zero attached hydrogens (tertiary/aromatic N) is 3. The average molecular weight is 505 g/mol. The first-order valence-electron chi connectivity index (χ1n) is 10.4. The van der Waals surface area contributed by atoms with Gasteiger partial charge in [0.25, 0.3) is 0 Å². The van der Waals surface area contributed by atoms with Crippen LogP contribution in [-0.4, -0.2) is 36.4 Å². The van der Waals surface area contributed by atoms with E-state index in [9.17, 15) is 21.2 Å². The highest BCUT2D eigenvalue weighted by Gasteiger charge is 2.42. The van der Waals surface area contributed by atoms with E-state index in [4.69, 9.17) is 5.14 Å². The van der Waals surface area contributed by atoms with E-state index >= 15 is 0 Å². The third-order valence-corrected chi connectivity index (χ3v) is 8.87. The van der Waals surface area contributed by atoms with Gasteiger partial charge in [-0.2, -0.15) is 9.29 Å². The molecule has 1 aliphatic carbocycles. The van der Waals surface area contributed by atoms with Crippen molar-refractivity contribution in [1.82, 2.24) is 14.3 Å². The highest BCUT2D eigenvalue weighted by Crippen LogP contribution is 2.36. The minimum Gasteiger partial charge on any atom is -0.338 e. The van der Waals surface area contributed by atoms with Crippen molar-refractivity contribution in [2.45, 2.75) is 36.1 Å². The minimum atomic E-state index is -3.81. The van der Waals surface area contributed by atoms with Crippen molar-refractivity contribution >= 4 is 43.2 Å². The molecule has 34 heavy (non-hydrogen) atoms. The van der Waals surface area contributed by atoms with Crippen molar-refractivity contribution in [3.63, 3.8) is 0 Å². The van der Waals surface area contributed by atoms with Gasteiger partial charge >= 0.3 is 0 Å². The van der Waals surface area contributed by atoms with E-state index < -0.39 is 25.9 Å². The van der Waals surface area contributed by atoms with Crippen LogP contribution in [0, 0.1) is 5.82 Å². The summed E-state index contributed by atoms with van der Waals surface area (Å²) in [5.74, 6) is -0.650. The summed E-state index contributed by atoms with van der Waals surface area (Å²) in [6.07, 6.45) is 2.43. The topological polar surface area (TPSA) is 147 Å². The number of anilines is 4. The van der Waals surface area contributed by atoms with E-state index in [0.29, 0.717) is 30.8 Å². The lowest BCUT2D eigenvalue weighted by Gasteiger charge is -2.14. The molecule has 10 nitrogen and oxygen atoms in total. The van der Waals surface area contributed by atoms with Crippen molar-refractivity contribution in [2.24, 2.45) is 5.14 Å². The summed E-state index contributed by atoms with van der Waals surface area (Å²) in [5.41, 5.74) is 2.82. The summed E-state index contributed by atoms with van der Waals surface area (Å²) in [7, 11) is -7.09. The quantitative estimate of drug-likeness (QED) is 0.445. The van der Waals surface area contributed by atoms with Gasteiger partial charge < -0.3 is 10.6 Å². The molecule has 2 heterocycles. The molecule has 4 N–H and O–H groups in total. The molecule has 2 aliphatic rings. The first-order chi connectivity index (χ1) is 16.1. The number of halogens is 1. The number of benzene rings is 2. The molecule has 1 fully saturated rings. The Labute approximate surface area is 196 Å². The average Bonchev–Trinajstić information content (AvgIpc) is 3.56. The maximum absolute atomic E-state index is 14.4. The standard InChI is InChI=1S/C21H21FN6O4S2/c22-19-10-24-21(26-15-3-5-17(6-4-15)33(23,29)30)27-20(19)25-16-2-1-13-11-28(12-14(13)9-16)34(31,32)18-7-8-18/h1-6,9-10,18H,7-8,11-12H2,(H2,23,29,30)(H2,24,25,26,27). The number of nitrogens with two attached hydrogens (primary N) is 1. The van der Waals surface area contributed by atoms with Crippen molar-refractivity contribution in [3.05, 3.63) is 65.6 Å². The van der Waals surface area contributed by atoms with Crippen LogP contribution in [0.25, 0.3) is 0 Å². The lowest BCUT2D eigenvalue weighted by Crippen LogP contribution is -2.28. The highest BCUT2D eigenvalue weighted by atomic mass is 32.2. The van der Waals surface area contributed by atoms with Gasteiger partial charge in [-0.3, -0.25) is 0 Å². The Morgan fingerprint density at radius 3 is 2.29 bits per heavy atom. The molecule has 5 rings (SSSR count). The van der Waals surface area contributed by atoms with Crippen molar-refractivity contribution in [2.75, 3.05) is 10.6 Å². The van der Waals surface area contributed by atoms with E-state index in [1.165, 1.54) is 28.6 Å². The summed E-state index contributed by atoms with van der Waals surface area (Å²) in [6.45, 7) is 0.631. The largest absolute Gasteiger partial charge is 0.338 e. The maximum atomic E-state index is 14.4. The monoisotopic (exact) mass is 504 g/mol. The van der Waals surface area contributed by atoms with Crippen molar-refractivity contribution < 1.29 is 21.2 Å². The minimum absolute atomic E-state index is 0.0412. The fourth-order valence-electron chi connectivity index (χ4n) is 3.71. The van der Waals surface area contributed by atoms with E-state index in [1.807, 2.05) is 6.07 Å². The van der Waals surface area contributed by atoms with E-state index in [-0.39, 0.29) is 28.5 Å². The van der Waals surface area contributed by atoms with E-state index in [2.05, 4.69) is 20.6 Å². The van der Waals surface area contributed by atoms with Gasteiger partial charge in [0.05, 0.1) is 16.3 Å². The molecule has 1 aliphatic heterocycles. The molecule has 2 aromatic carbocycles. The van der Waals surface area contributed by atoms with Crippen LogP contribution in [0.2, 0.25) is 0 Å². The Balaban J connectivity index is 1.32. The summed E-state index contributed by atoms with van der Waals surface area (Å²) < 4.78 is 63.7. The second-order valence-corrected chi connectivity index (χ2v) is 12.0. The molecule has 0 atom stereocenters. The zero-order chi connectivity index (χ0) is 24.1. The molecule has 178 valence electrons. The molecule has 0 bridgehead atoms. The molecular weight excluding hydrogens is 483 g/mol. The number of aromatic nitrogens is 2. The van der Waals surface area contributed by atoms with Gasteiger partial charge in [-0.15, -0.1) is 0 Å². The second kappa shape index (κ2) is 8.27. The predicted octanol–water partition coefficient (Wildman–Crippen LogP) is 2.56. The Bertz CT molecular complexity index is 1480. The Kier molecular flexibility index (Phi) is 5.51. The highest BCUT2D eigenvalue weighted by molar-refractivity contribution is 7.90. The van der Waals surface area contributed by atoms with Crippen LogP contribution in [0.5, 0.6) is 0 Å². The van der Waals surface area contributed by atoms with Crippen LogP contribution < -0.4 is 15.8 Å². The summed E-state index contributed by atoms with van der Waals surface area (Å²) in [6, 6.07) is 11.0. The van der Waals surface area contributed by atoms with Crippen LogP contribution in [0.3, 0.4) is 0 Å². The fourth-order valence-corrected chi connectivity index (χ4v) is 6.01. The first kappa shape index (κ1) is 22.7. The molecule has 0 saturated heterocycles. The van der Waals surface area contributed by atoms with Crippen LogP contribution in [0.4, 0.5) is 27.5 Å². The predicted molar refractivity (Wildman–Crippen MR) is 124 cm³/mol. The number of hydrogen-bond acceptors (Lipinski definition) is 8. The van der Waals surface area contributed by atoms with E-state index in [1.54, 1.807) is 12.1 Å². The summed E-state index contributed by atoms with van der Waals surface area (Å²) in [4.78, 5) is 8.03. The Hall–Kier alpha value is -3.13. The molecule has 0 unspecified atom stereocenters. The molecule has 0 spiro atoms. The van der Waals surface area contributed by atoms with Gasteiger partial charge in [0.15, 0.2) is 11.6 Å². The van der Waals surface area contributed by atoms with E-state index in [0.717, 1.165) is 17.3 Å². The smallest absolute Gasteiger partial charge is 0.238 e. The summed E-state index contributed by atoms with van der Waals surface area (Å²) in [5, 5.41) is 10.6. The zero-order valence-electron chi connectivity index (χ0n) is 17.8. The third-order valence-electron chi connectivity index (χ3n) is 5.65. The molecule has 0 radical (unpaired) electrons. The summed E-state index contributed by atoms with van der Waals surface area (Å²) >= 11 is 0. The fraction of sp³-hybridized carbons (Fsp3) is 0.238. The van der Waals surface area contributed by atoms with Gasteiger partial charge in [-0.25, -0.2) is 31.3 Å². The molecule has 3 aromatic rings. The number of rotatable bonds is 7. The lowest BCUT2D eigenvalue weighted by atomic mass is 10.1. The second-order valence-electron chi connectivity index (χ2n) is 8.21. The van der Waals surface area contributed by atoms with Gasteiger partial charge in [-0.1, -0.05) is 6.07 Å². The van der Waals surface area contributed by atoms with Gasteiger partial charge in [-0.05, 0) is 60.4 Å². The third kappa shape index (κ3) is 4.59. The van der Waals surface area contributed by atoms with Crippen molar-refractivity contribution in [1.29, 1.82) is 0 Å². The maximum Gasteiger partial charge on any atom is 0.238 e. The number of nitrogens with one attached hydrogen (secondary N) is 2. The van der Waals surface area contributed by atoms with Gasteiger partial charge in [0.2, 0.25) is 26.0 Å². The SMILES string of the molecule is NS(=O)(=O)c1ccc(Nc2ncc(F)c(Nc3ccc4c(c3)CN(S(=O)(=O)C3CC3)C4)n2)cc1.